The van der Waals surface area contributed by atoms with Crippen LogP contribution in [-0.2, 0) is 9.59 Å². The van der Waals surface area contributed by atoms with Gasteiger partial charge in [-0.1, -0.05) is 0 Å². The zero-order valence-corrected chi connectivity index (χ0v) is 13.1. The average molecular weight is 314 g/mol. The van der Waals surface area contributed by atoms with Gasteiger partial charge in [-0.05, 0) is 51.2 Å². The quantitative estimate of drug-likeness (QED) is 0.729. The highest BCUT2D eigenvalue weighted by atomic mass is 32.2. The fraction of sp³-hybridized carbons (Fsp3) is 0.500. The molecule has 0 aliphatic carbocycles. The lowest BCUT2D eigenvalue weighted by Crippen LogP contribution is -2.36. The van der Waals surface area contributed by atoms with Crippen molar-refractivity contribution in [2.75, 3.05) is 0 Å². The number of thioether (sulfide) groups is 2. The summed E-state index contributed by atoms with van der Waals surface area (Å²) in [7, 11) is 0. The number of carbonyl (C=O) groups excluding carboxylic acids is 4. The standard InChI is InChI=1S/C12H14N2O4S2/c1-5(2)13-9(15)7(19-11(13)17)8-10(16)14(6(3)4)12(18)20-8/h5-6H,1-4H3/b8-7-. The van der Waals surface area contributed by atoms with Crippen LogP contribution in [-0.4, -0.2) is 44.2 Å². The van der Waals surface area contributed by atoms with E-state index in [9.17, 15) is 19.2 Å². The van der Waals surface area contributed by atoms with Crippen molar-refractivity contribution in [1.82, 2.24) is 9.80 Å². The molecule has 0 spiro atoms. The fourth-order valence-electron chi connectivity index (χ4n) is 1.92. The van der Waals surface area contributed by atoms with E-state index in [2.05, 4.69) is 0 Å². The van der Waals surface area contributed by atoms with Crippen LogP contribution in [0.2, 0.25) is 0 Å². The average Bonchev–Trinajstić information content (AvgIpc) is 2.76. The molecule has 20 heavy (non-hydrogen) atoms. The lowest BCUT2D eigenvalue weighted by molar-refractivity contribution is -0.126. The molecule has 2 aliphatic heterocycles. The van der Waals surface area contributed by atoms with Crippen LogP contribution in [0, 0.1) is 0 Å². The third-order valence-corrected chi connectivity index (χ3v) is 4.87. The molecule has 0 atom stereocenters. The van der Waals surface area contributed by atoms with Crippen molar-refractivity contribution < 1.29 is 19.2 Å². The first-order valence-electron chi connectivity index (χ1n) is 6.10. The molecule has 108 valence electrons. The van der Waals surface area contributed by atoms with Crippen LogP contribution >= 0.6 is 23.5 Å². The molecular formula is C12H14N2O4S2. The van der Waals surface area contributed by atoms with Crippen molar-refractivity contribution in [2.24, 2.45) is 0 Å². The minimum absolute atomic E-state index is 0.0650. The van der Waals surface area contributed by atoms with Crippen LogP contribution in [0.25, 0.3) is 0 Å². The van der Waals surface area contributed by atoms with Crippen LogP contribution in [0.4, 0.5) is 9.59 Å². The molecule has 0 aromatic carbocycles. The summed E-state index contributed by atoms with van der Waals surface area (Å²) in [6.07, 6.45) is 0. The first-order chi connectivity index (χ1) is 9.25. The molecule has 0 aromatic rings. The molecule has 6 nitrogen and oxygen atoms in total. The fourth-order valence-corrected chi connectivity index (χ4v) is 4.04. The molecule has 0 radical (unpaired) electrons. The van der Waals surface area contributed by atoms with Gasteiger partial charge < -0.3 is 0 Å². The van der Waals surface area contributed by atoms with Gasteiger partial charge in [-0.2, -0.15) is 0 Å². The van der Waals surface area contributed by atoms with Crippen LogP contribution < -0.4 is 0 Å². The first-order valence-corrected chi connectivity index (χ1v) is 7.74. The van der Waals surface area contributed by atoms with Crippen molar-refractivity contribution >= 4 is 45.8 Å². The van der Waals surface area contributed by atoms with Crippen LogP contribution in [0.15, 0.2) is 9.81 Å². The summed E-state index contributed by atoms with van der Waals surface area (Å²) in [5.74, 6) is -0.992. The summed E-state index contributed by atoms with van der Waals surface area (Å²) < 4.78 is 0. The summed E-state index contributed by atoms with van der Waals surface area (Å²) >= 11 is 1.45. The molecule has 2 aliphatic rings. The number of rotatable bonds is 2. The number of imide groups is 2. The summed E-state index contributed by atoms with van der Waals surface area (Å²) in [5.41, 5.74) is 0. The van der Waals surface area contributed by atoms with Gasteiger partial charge >= 0.3 is 0 Å². The second-order valence-corrected chi connectivity index (χ2v) is 6.86. The third kappa shape index (κ3) is 2.26. The third-order valence-electron chi connectivity index (χ3n) is 2.84. The predicted molar refractivity (Wildman–Crippen MR) is 77.0 cm³/mol. The van der Waals surface area contributed by atoms with Crippen molar-refractivity contribution in [3.63, 3.8) is 0 Å². The lowest BCUT2D eigenvalue weighted by atomic mass is 10.3. The zero-order valence-electron chi connectivity index (χ0n) is 11.5. The van der Waals surface area contributed by atoms with Gasteiger partial charge in [0.1, 0.15) is 9.81 Å². The van der Waals surface area contributed by atoms with Crippen molar-refractivity contribution in [3.8, 4) is 0 Å². The van der Waals surface area contributed by atoms with E-state index in [1.807, 2.05) is 0 Å². The molecule has 2 fully saturated rings. The largest absolute Gasteiger partial charge is 0.293 e. The molecule has 0 N–H and O–H groups in total. The van der Waals surface area contributed by atoms with Gasteiger partial charge in [0.2, 0.25) is 0 Å². The van der Waals surface area contributed by atoms with Gasteiger partial charge in [-0.3, -0.25) is 29.0 Å². The van der Waals surface area contributed by atoms with Crippen molar-refractivity contribution in [3.05, 3.63) is 9.81 Å². The lowest BCUT2D eigenvalue weighted by Gasteiger charge is -2.17. The maximum Gasteiger partial charge on any atom is 0.293 e. The van der Waals surface area contributed by atoms with Crippen molar-refractivity contribution in [1.29, 1.82) is 0 Å². The molecule has 0 aromatic heterocycles. The number of hydrogen-bond donors (Lipinski definition) is 0. The van der Waals surface area contributed by atoms with Gasteiger partial charge in [-0.15, -0.1) is 0 Å². The van der Waals surface area contributed by atoms with E-state index in [1.54, 1.807) is 27.7 Å². The molecule has 0 unspecified atom stereocenters. The Hall–Kier alpha value is -1.28. The molecule has 0 saturated carbocycles. The smallest absolute Gasteiger partial charge is 0.268 e. The van der Waals surface area contributed by atoms with Crippen LogP contribution in [0.1, 0.15) is 27.7 Å². The Bertz CT molecular complexity index is 506. The summed E-state index contributed by atoms with van der Waals surface area (Å²) in [6.45, 7) is 6.89. The van der Waals surface area contributed by atoms with Gasteiger partial charge in [0.15, 0.2) is 0 Å². The van der Waals surface area contributed by atoms with E-state index in [0.717, 1.165) is 33.3 Å². The van der Waals surface area contributed by atoms with Gasteiger partial charge in [0, 0.05) is 12.1 Å². The number of amides is 4. The van der Waals surface area contributed by atoms with Crippen molar-refractivity contribution in [2.45, 2.75) is 39.8 Å². The molecule has 4 amide bonds. The van der Waals surface area contributed by atoms with Crippen LogP contribution in [0.3, 0.4) is 0 Å². The second-order valence-electron chi connectivity index (χ2n) is 4.93. The molecule has 2 rings (SSSR count). The molecule has 2 saturated heterocycles. The Morgan fingerprint density at radius 1 is 0.700 bits per heavy atom. The molecular weight excluding hydrogens is 300 g/mol. The Morgan fingerprint density at radius 2 is 1.00 bits per heavy atom. The number of nitrogens with zero attached hydrogens (tertiary/aromatic N) is 2. The molecule has 2 heterocycles. The van der Waals surface area contributed by atoms with Gasteiger partial charge in [0.25, 0.3) is 22.3 Å². The summed E-state index contributed by atoms with van der Waals surface area (Å²) in [6, 6.07) is -0.557. The minimum Gasteiger partial charge on any atom is -0.268 e. The highest BCUT2D eigenvalue weighted by Crippen LogP contribution is 2.42. The SMILES string of the molecule is CC(C)N1C(=O)S/C(=C2\SC(=O)N(C(C)C)C2=O)C1=O. The monoisotopic (exact) mass is 314 g/mol. The Labute approximate surface area is 124 Å². The topological polar surface area (TPSA) is 74.8 Å². The summed E-state index contributed by atoms with van der Waals surface area (Å²) in [5, 5.41) is -0.812. The summed E-state index contributed by atoms with van der Waals surface area (Å²) in [4.78, 5) is 50.4. The maximum atomic E-state index is 12.2. The minimum atomic E-state index is -0.496. The Balaban J connectivity index is 2.41. The second kappa shape index (κ2) is 5.25. The van der Waals surface area contributed by atoms with E-state index < -0.39 is 22.3 Å². The van der Waals surface area contributed by atoms with E-state index in [-0.39, 0.29) is 21.9 Å². The van der Waals surface area contributed by atoms with E-state index in [1.165, 1.54) is 0 Å². The highest BCUT2D eigenvalue weighted by Gasteiger charge is 2.45. The predicted octanol–water partition coefficient (Wildman–Crippen LogP) is 2.41. The molecule has 8 heteroatoms. The Morgan fingerprint density at radius 3 is 1.20 bits per heavy atom. The first kappa shape index (κ1) is 15.1. The van der Waals surface area contributed by atoms with E-state index in [0.29, 0.717) is 0 Å². The Kier molecular flexibility index (Phi) is 3.97. The zero-order chi connectivity index (χ0) is 15.2. The van der Waals surface area contributed by atoms with Gasteiger partial charge in [-0.25, -0.2) is 0 Å². The maximum absolute atomic E-state index is 12.2. The van der Waals surface area contributed by atoms with E-state index in [4.69, 9.17) is 0 Å². The molecule has 0 bridgehead atoms. The van der Waals surface area contributed by atoms with Gasteiger partial charge in [0.05, 0.1) is 0 Å². The van der Waals surface area contributed by atoms with Crippen LogP contribution in [0.5, 0.6) is 0 Å². The van der Waals surface area contributed by atoms with E-state index >= 15 is 0 Å². The normalized spacial score (nSPS) is 24.1. The number of carbonyl (C=O) groups is 4. The highest BCUT2D eigenvalue weighted by molar-refractivity contribution is 8.21. The number of hydrogen-bond acceptors (Lipinski definition) is 6.